The van der Waals surface area contributed by atoms with Crippen molar-refractivity contribution in [3.63, 3.8) is 0 Å². The number of hydrogen-bond donors (Lipinski definition) is 0. The van der Waals surface area contributed by atoms with Gasteiger partial charge in [-0.1, -0.05) is 104 Å². The van der Waals surface area contributed by atoms with Crippen LogP contribution in [-0.4, -0.2) is 9.13 Å². The molecule has 0 bridgehead atoms. The van der Waals surface area contributed by atoms with Crippen molar-refractivity contribution in [3.8, 4) is 33.6 Å². The highest BCUT2D eigenvalue weighted by Crippen LogP contribution is 2.42. The summed E-state index contributed by atoms with van der Waals surface area (Å²) in [5, 5.41) is 2.69. The van der Waals surface area contributed by atoms with Crippen molar-refractivity contribution in [1.29, 1.82) is 0 Å². The first-order valence-electron chi connectivity index (χ1n) is 16.5. The third-order valence-corrected chi connectivity index (χ3v) is 10.1. The van der Waals surface area contributed by atoms with Crippen molar-refractivity contribution in [1.82, 2.24) is 9.13 Å². The van der Waals surface area contributed by atoms with Crippen LogP contribution < -0.4 is 0 Å². The molecule has 5 aromatic carbocycles. The third-order valence-electron chi connectivity index (χ3n) is 10.1. The minimum absolute atomic E-state index is 0.505. The molecular formula is C44H36N2. The van der Waals surface area contributed by atoms with Crippen LogP contribution in [0.4, 0.5) is 0 Å². The van der Waals surface area contributed by atoms with E-state index in [9.17, 15) is 0 Å². The Labute approximate surface area is 270 Å². The zero-order valence-corrected chi connectivity index (χ0v) is 26.4. The van der Waals surface area contributed by atoms with Gasteiger partial charge in [0.15, 0.2) is 0 Å². The van der Waals surface area contributed by atoms with Gasteiger partial charge < -0.3 is 9.13 Å². The first kappa shape index (κ1) is 27.0. The second kappa shape index (κ2) is 10.6. The predicted octanol–water partition coefficient (Wildman–Crippen LogP) is 11.8. The predicted molar refractivity (Wildman–Crippen MR) is 195 cm³/mol. The van der Waals surface area contributed by atoms with Crippen molar-refractivity contribution in [2.75, 3.05) is 0 Å². The number of rotatable bonds is 4. The Balaban J connectivity index is 1.31. The molecule has 9 rings (SSSR count). The highest BCUT2D eigenvalue weighted by molar-refractivity contribution is 5.97. The molecule has 0 spiro atoms. The molecule has 0 N–H and O–H groups in total. The van der Waals surface area contributed by atoms with Crippen LogP contribution in [0.25, 0.3) is 67.6 Å². The summed E-state index contributed by atoms with van der Waals surface area (Å²) in [6.45, 7) is 4.64. The van der Waals surface area contributed by atoms with E-state index in [2.05, 4.69) is 163 Å². The summed E-state index contributed by atoms with van der Waals surface area (Å²) in [4.78, 5) is 0. The highest BCUT2D eigenvalue weighted by atomic mass is 15.0. The Bertz CT molecular complexity index is 2290. The molecule has 46 heavy (non-hydrogen) atoms. The van der Waals surface area contributed by atoms with E-state index in [-0.39, 0.29) is 0 Å². The fourth-order valence-corrected chi connectivity index (χ4v) is 7.91. The molecule has 0 aliphatic heterocycles. The summed E-state index contributed by atoms with van der Waals surface area (Å²) < 4.78 is 5.03. The van der Waals surface area contributed by atoms with Gasteiger partial charge in [0.25, 0.3) is 0 Å². The van der Waals surface area contributed by atoms with Crippen LogP contribution >= 0.6 is 0 Å². The fraction of sp³-hybridized carbons (Fsp3) is 0.136. The van der Waals surface area contributed by atoms with Crippen LogP contribution in [0.2, 0.25) is 0 Å². The minimum Gasteiger partial charge on any atom is -0.313 e. The maximum atomic E-state index is 2.54. The molecule has 0 amide bonds. The molecule has 2 heteroatoms. The van der Waals surface area contributed by atoms with Crippen molar-refractivity contribution >= 4 is 34.0 Å². The van der Waals surface area contributed by atoms with Crippen molar-refractivity contribution in [2.45, 2.75) is 39.0 Å². The van der Waals surface area contributed by atoms with Gasteiger partial charge in [-0.2, -0.15) is 0 Å². The first-order chi connectivity index (χ1) is 22.6. The molecule has 0 saturated heterocycles. The lowest BCUT2D eigenvalue weighted by Gasteiger charge is -2.18. The summed E-state index contributed by atoms with van der Waals surface area (Å²) in [7, 11) is 0. The highest BCUT2D eigenvalue weighted by Gasteiger charge is 2.25. The van der Waals surface area contributed by atoms with Gasteiger partial charge in [0.05, 0.1) is 11.0 Å². The van der Waals surface area contributed by atoms with Gasteiger partial charge in [0, 0.05) is 39.1 Å². The molecule has 2 aliphatic rings. The van der Waals surface area contributed by atoms with Gasteiger partial charge in [-0.25, -0.2) is 0 Å². The van der Waals surface area contributed by atoms with Crippen LogP contribution in [0.1, 0.15) is 55.1 Å². The SMILES string of the molecule is CC1=Cc2c(n(-c3cc(-c4ccccc4)cc(-c4ccccc4)c3)c3ccc(-n4c5c(c6ccccc64)C(C)CC=C5)cc23)CC1. The van der Waals surface area contributed by atoms with Gasteiger partial charge in [-0.3, -0.25) is 0 Å². The van der Waals surface area contributed by atoms with Gasteiger partial charge >= 0.3 is 0 Å². The second-order valence-corrected chi connectivity index (χ2v) is 13.1. The molecular weight excluding hydrogens is 556 g/mol. The van der Waals surface area contributed by atoms with E-state index >= 15 is 0 Å². The Hall–Kier alpha value is -5.34. The third kappa shape index (κ3) is 4.24. The number of benzene rings is 5. The monoisotopic (exact) mass is 592 g/mol. The molecule has 7 aromatic rings. The van der Waals surface area contributed by atoms with Crippen LogP contribution in [0, 0.1) is 0 Å². The topological polar surface area (TPSA) is 9.86 Å². The van der Waals surface area contributed by atoms with Crippen molar-refractivity contribution in [3.05, 3.63) is 155 Å². The minimum atomic E-state index is 0.505. The quantitative estimate of drug-likeness (QED) is 0.192. The van der Waals surface area contributed by atoms with Crippen LogP contribution in [0.3, 0.4) is 0 Å². The average molecular weight is 593 g/mol. The lowest BCUT2D eigenvalue weighted by molar-refractivity contribution is 0.773. The van der Waals surface area contributed by atoms with Gasteiger partial charge in [0.1, 0.15) is 0 Å². The molecule has 2 nitrogen and oxygen atoms in total. The van der Waals surface area contributed by atoms with Gasteiger partial charge in [0.2, 0.25) is 0 Å². The number of nitrogens with zero attached hydrogens (tertiary/aromatic N) is 2. The fourth-order valence-electron chi connectivity index (χ4n) is 7.91. The van der Waals surface area contributed by atoms with Crippen LogP contribution in [-0.2, 0) is 6.42 Å². The Morgan fingerprint density at radius 1 is 0.587 bits per heavy atom. The molecule has 2 aliphatic carbocycles. The molecule has 222 valence electrons. The van der Waals surface area contributed by atoms with Crippen molar-refractivity contribution < 1.29 is 0 Å². The maximum Gasteiger partial charge on any atom is 0.0539 e. The lowest BCUT2D eigenvalue weighted by atomic mass is 9.91. The van der Waals surface area contributed by atoms with Gasteiger partial charge in [-0.05, 0) is 108 Å². The normalized spacial score (nSPS) is 15.6. The summed E-state index contributed by atoms with van der Waals surface area (Å²) in [6, 6.07) is 44.7. The first-order valence-corrected chi connectivity index (χ1v) is 16.5. The number of hydrogen-bond acceptors (Lipinski definition) is 0. The van der Waals surface area contributed by atoms with E-state index in [1.807, 2.05) is 0 Å². The molecule has 2 heterocycles. The Kier molecular flexibility index (Phi) is 6.24. The average Bonchev–Trinajstić information content (AvgIpc) is 3.61. The van der Waals surface area contributed by atoms with E-state index in [4.69, 9.17) is 0 Å². The summed E-state index contributed by atoms with van der Waals surface area (Å²) in [5.41, 5.74) is 16.9. The molecule has 2 aromatic heterocycles. The van der Waals surface area contributed by atoms with E-state index in [1.165, 1.54) is 83.5 Å². The van der Waals surface area contributed by atoms with E-state index in [0.717, 1.165) is 19.3 Å². The van der Waals surface area contributed by atoms with Crippen LogP contribution in [0.5, 0.6) is 0 Å². The summed E-state index contributed by atoms with van der Waals surface area (Å²) in [5.74, 6) is 0.505. The Morgan fingerprint density at radius 2 is 1.26 bits per heavy atom. The number of allylic oxidation sites excluding steroid dienone is 2. The number of aromatic nitrogens is 2. The molecule has 0 saturated carbocycles. The van der Waals surface area contributed by atoms with E-state index < -0.39 is 0 Å². The smallest absolute Gasteiger partial charge is 0.0539 e. The zero-order chi connectivity index (χ0) is 30.8. The zero-order valence-electron chi connectivity index (χ0n) is 26.4. The van der Waals surface area contributed by atoms with Crippen molar-refractivity contribution in [2.24, 2.45) is 0 Å². The van der Waals surface area contributed by atoms with Crippen LogP contribution in [0.15, 0.2) is 133 Å². The standard InChI is InChI=1S/C44H36N2/c1-29-20-22-41-38(24-29)39-28-35(45-40-18-10-9-17-37(40)44-30(2)12-11-19-43(44)45)21-23-42(39)46(41)36-26-33(31-13-5-3-6-14-31)25-34(27-36)32-15-7-4-8-16-32/h3-11,13-19,21,23-28,30H,12,20,22H2,1-2H3. The molecule has 1 atom stereocenters. The lowest BCUT2D eigenvalue weighted by Crippen LogP contribution is -2.05. The molecule has 0 radical (unpaired) electrons. The Morgan fingerprint density at radius 3 is 2.00 bits per heavy atom. The maximum absolute atomic E-state index is 2.54. The largest absolute Gasteiger partial charge is 0.313 e. The van der Waals surface area contributed by atoms with E-state index in [0.29, 0.717) is 5.92 Å². The molecule has 1 unspecified atom stereocenters. The number of para-hydroxylation sites is 1. The number of fused-ring (bicyclic) bond motifs is 6. The second-order valence-electron chi connectivity index (χ2n) is 13.1. The van der Waals surface area contributed by atoms with Gasteiger partial charge in [-0.15, -0.1) is 0 Å². The molecule has 0 fully saturated rings. The summed E-state index contributed by atoms with van der Waals surface area (Å²) >= 11 is 0. The summed E-state index contributed by atoms with van der Waals surface area (Å²) in [6.07, 6.45) is 10.3. The van der Waals surface area contributed by atoms with E-state index in [1.54, 1.807) is 0 Å².